The minimum atomic E-state index is -0.0924. The number of carbonyl (C=O) groups is 2. The van der Waals surface area contributed by atoms with Gasteiger partial charge in [0.25, 0.3) is 11.8 Å². The summed E-state index contributed by atoms with van der Waals surface area (Å²) in [4.78, 5) is 26.7. The SMILES string of the molecule is O=C(N[C@H]1CC[C@@H](n2cc(C(=O)N3CCCC3)nn2)CC1)c1cccc(Cl)c1. The number of nitrogens with one attached hydrogen (secondary N) is 1. The summed E-state index contributed by atoms with van der Waals surface area (Å²) in [5.74, 6) is -0.114. The van der Waals surface area contributed by atoms with Gasteiger partial charge in [0.1, 0.15) is 0 Å². The summed E-state index contributed by atoms with van der Waals surface area (Å²) in [6, 6.07) is 7.33. The van der Waals surface area contributed by atoms with Crippen molar-refractivity contribution in [2.24, 2.45) is 0 Å². The van der Waals surface area contributed by atoms with Crippen LogP contribution in [0.1, 0.15) is 65.4 Å². The van der Waals surface area contributed by atoms with Crippen molar-refractivity contribution in [3.8, 4) is 0 Å². The molecule has 2 amide bonds. The predicted molar refractivity (Wildman–Crippen MR) is 105 cm³/mol. The van der Waals surface area contributed by atoms with Gasteiger partial charge in [-0.25, -0.2) is 4.68 Å². The molecule has 4 rings (SSSR count). The van der Waals surface area contributed by atoms with Crippen LogP contribution in [0.3, 0.4) is 0 Å². The minimum absolute atomic E-state index is 0.0220. The molecule has 1 aliphatic heterocycles. The Labute approximate surface area is 169 Å². The number of carbonyl (C=O) groups excluding carboxylic acids is 2. The molecule has 8 heteroatoms. The largest absolute Gasteiger partial charge is 0.349 e. The number of halogens is 1. The van der Waals surface area contributed by atoms with E-state index in [2.05, 4.69) is 15.6 Å². The van der Waals surface area contributed by atoms with Crippen LogP contribution in [0.2, 0.25) is 5.02 Å². The van der Waals surface area contributed by atoms with E-state index >= 15 is 0 Å². The zero-order chi connectivity index (χ0) is 19.5. The van der Waals surface area contributed by atoms with Gasteiger partial charge in [0.05, 0.1) is 12.2 Å². The molecule has 1 saturated carbocycles. The molecule has 2 heterocycles. The summed E-state index contributed by atoms with van der Waals surface area (Å²) in [5, 5.41) is 11.9. The molecule has 1 saturated heterocycles. The zero-order valence-corrected chi connectivity index (χ0v) is 16.4. The number of hydrogen-bond donors (Lipinski definition) is 1. The number of rotatable bonds is 4. The van der Waals surface area contributed by atoms with E-state index in [-0.39, 0.29) is 23.9 Å². The van der Waals surface area contributed by atoms with Gasteiger partial charge in [-0.2, -0.15) is 0 Å². The number of likely N-dealkylation sites (tertiary alicyclic amines) is 1. The average molecular weight is 402 g/mol. The van der Waals surface area contributed by atoms with Gasteiger partial charge >= 0.3 is 0 Å². The van der Waals surface area contributed by atoms with E-state index in [4.69, 9.17) is 11.6 Å². The Morgan fingerprint density at radius 1 is 1.11 bits per heavy atom. The number of aromatic nitrogens is 3. The number of benzene rings is 1. The highest BCUT2D eigenvalue weighted by Crippen LogP contribution is 2.28. The topological polar surface area (TPSA) is 80.1 Å². The highest BCUT2D eigenvalue weighted by molar-refractivity contribution is 6.30. The van der Waals surface area contributed by atoms with Crippen molar-refractivity contribution in [2.45, 2.75) is 50.6 Å². The van der Waals surface area contributed by atoms with Gasteiger partial charge in [0.2, 0.25) is 0 Å². The predicted octanol–water partition coefficient (Wildman–Crippen LogP) is 3.08. The second kappa shape index (κ2) is 8.31. The lowest BCUT2D eigenvalue weighted by molar-refractivity contribution is 0.0786. The van der Waals surface area contributed by atoms with Gasteiger partial charge < -0.3 is 10.2 Å². The molecule has 0 atom stereocenters. The fourth-order valence-electron chi connectivity index (χ4n) is 4.02. The van der Waals surface area contributed by atoms with E-state index in [9.17, 15) is 9.59 Å². The van der Waals surface area contributed by atoms with Gasteiger partial charge in [-0.15, -0.1) is 5.10 Å². The molecule has 0 unspecified atom stereocenters. The molecule has 148 valence electrons. The maximum absolute atomic E-state index is 12.4. The van der Waals surface area contributed by atoms with Gasteiger partial charge in [0.15, 0.2) is 5.69 Å². The molecule has 7 nitrogen and oxygen atoms in total. The monoisotopic (exact) mass is 401 g/mol. The molecular formula is C20H24ClN5O2. The smallest absolute Gasteiger partial charge is 0.276 e. The Kier molecular flexibility index (Phi) is 5.62. The first-order valence-corrected chi connectivity index (χ1v) is 10.3. The lowest BCUT2D eigenvalue weighted by Gasteiger charge is -2.29. The van der Waals surface area contributed by atoms with Crippen LogP contribution in [-0.2, 0) is 0 Å². The standard InChI is InChI=1S/C20H24ClN5O2/c21-15-5-3-4-14(12-15)19(27)22-16-6-8-17(9-7-16)26-13-18(23-24-26)20(28)25-10-1-2-11-25/h3-5,12-13,16-17H,1-2,6-11H2,(H,22,27)/t16-,17+. The number of hydrogen-bond acceptors (Lipinski definition) is 4. The van der Waals surface area contributed by atoms with Crippen molar-refractivity contribution in [3.63, 3.8) is 0 Å². The van der Waals surface area contributed by atoms with Crippen LogP contribution in [0.4, 0.5) is 0 Å². The number of amides is 2. The third-order valence-corrected chi connectivity index (χ3v) is 5.85. The third-order valence-electron chi connectivity index (χ3n) is 5.62. The molecule has 2 aromatic rings. The molecule has 1 aromatic heterocycles. The lowest BCUT2D eigenvalue weighted by Crippen LogP contribution is -2.38. The summed E-state index contributed by atoms with van der Waals surface area (Å²) >= 11 is 5.96. The van der Waals surface area contributed by atoms with Crippen LogP contribution >= 0.6 is 11.6 Å². The molecule has 1 aromatic carbocycles. The number of nitrogens with zero attached hydrogens (tertiary/aromatic N) is 4. The van der Waals surface area contributed by atoms with Gasteiger partial charge in [-0.1, -0.05) is 22.9 Å². The van der Waals surface area contributed by atoms with Crippen LogP contribution in [0.15, 0.2) is 30.5 Å². The lowest BCUT2D eigenvalue weighted by atomic mass is 9.91. The van der Waals surface area contributed by atoms with E-state index in [1.165, 1.54) is 0 Å². The molecule has 2 fully saturated rings. The summed E-state index contributed by atoms with van der Waals surface area (Å²) in [5.41, 5.74) is 1.01. The second-order valence-corrected chi connectivity index (χ2v) is 8.01. The van der Waals surface area contributed by atoms with Crippen LogP contribution in [-0.4, -0.2) is 50.8 Å². The summed E-state index contributed by atoms with van der Waals surface area (Å²) in [7, 11) is 0. The first kappa shape index (κ1) is 18.9. The van der Waals surface area contributed by atoms with E-state index in [0.29, 0.717) is 16.3 Å². The van der Waals surface area contributed by atoms with Crippen molar-refractivity contribution < 1.29 is 9.59 Å². The maximum atomic E-state index is 12.4. The Balaban J connectivity index is 1.30. The normalized spacial score (nSPS) is 22.2. The van der Waals surface area contributed by atoms with Crippen molar-refractivity contribution in [3.05, 3.63) is 46.7 Å². The molecule has 1 aliphatic carbocycles. The highest BCUT2D eigenvalue weighted by Gasteiger charge is 2.27. The Morgan fingerprint density at radius 2 is 1.86 bits per heavy atom. The van der Waals surface area contributed by atoms with E-state index < -0.39 is 0 Å². The average Bonchev–Trinajstić information content (AvgIpc) is 3.40. The molecular weight excluding hydrogens is 378 g/mol. The summed E-state index contributed by atoms with van der Waals surface area (Å²) < 4.78 is 1.82. The van der Waals surface area contributed by atoms with Crippen molar-refractivity contribution in [1.82, 2.24) is 25.2 Å². The fourth-order valence-corrected chi connectivity index (χ4v) is 4.21. The van der Waals surface area contributed by atoms with Crippen molar-refractivity contribution in [2.75, 3.05) is 13.1 Å². The van der Waals surface area contributed by atoms with Gasteiger partial charge in [0, 0.05) is 29.7 Å². The van der Waals surface area contributed by atoms with Crippen LogP contribution in [0.5, 0.6) is 0 Å². The first-order valence-electron chi connectivity index (χ1n) is 9.88. The van der Waals surface area contributed by atoms with Crippen molar-refractivity contribution >= 4 is 23.4 Å². The van der Waals surface area contributed by atoms with Gasteiger partial charge in [-0.3, -0.25) is 9.59 Å². The van der Waals surface area contributed by atoms with Crippen molar-refractivity contribution in [1.29, 1.82) is 0 Å². The Hall–Kier alpha value is -2.41. The van der Waals surface area contributed by atoms with Crippen LogP contribution in [0.25, 0.3) is 0 Å². The minimum Gasteiger partial charge on any atom is -0.349 e. The fraction of sp³-hybridized carbons (Fsp3) is 0.500. The second-order valence-electron chi connectivity index (χ2n) is 7.57. The quantitative estimate of drug-likeness (QED) is 0.853. The Morgan fingerprint density at radius 3 is 2.57 bits per heavy atom. The van der Waals surface area contributed by atoms with E-state index in [0.717, 1.165) is 51.6 Å². The van der Waals surface area contributed by atoms with Gasteiger partial charge in [-0.05, 0) is 56.7 Å². The molecule has 0 bridgehead atoms. The molecule has 1 N–H and O–H groups in total. The zero-order valence-electron chi connectivity index (χ0n) is 15.7. The van der Waals surface area contributed by atoms with E-state index in [1.54, 1.807) is 30.5 Å². The Bertz CT molecular complexity index is 854. The van der Waals surface area contributed by atoms with E-state index in [1.807, 2.05) is 9.58 Å². The summed E-state index contributed by atoms with van der Waals surface area (Å²) in [6.45, 7) is 1.62. The highest BCUT2D eigenvalue weighted by atomic mass is 35.5. The summed E-state index contributed by atoms with van der Waals surface area (Å²) in [6.07, 6.45) is 7.41. The first-order chi connectivity index (χ1) is 13.6. The molecule has 0 radical (unpaired) electrons. The molecule has 2 aliphatic rings. The van der Waals surface area contributed by atoms with Crippen LogP contribution < -0.4 is 5.32 Å². The molecule has 28 heavy (non-hydrogen) atoms. The van der Waals surface area contributed by atoms with Crippen LogP contribution in [0, 0.1) is 0 Å². The third kappa shape index (κ3) is 4.19. The maximum Gasteiger partial charge on any atom is 0.276 e. The molecule has 0 spiro atoms.